The van der Waals surface area contributed by atoms with Gasteiger partial charge in [-0.15, -0.1) is 0 Å². The van der Waals surface area contributed by atoms with Gasteiger partial charge in [0.1, 0.15) is 5.75 Å². The number of piperazine rings is 1. The molecule has 136 valence electrons. The molecule has 0 saturated carbocycles. The largest absolute Gasteiger partial charge is 0.496 e. The maximum atomic E-state index is 9.43. The molecule has 0 aromatic heterocycles. The third-order valence-electron chi connectivity index (χ3n) is 5.33. The summed E-state index contributed by atoms with van der Waals surface area (Å²) in [7, 11) is 1.73. The van der Waals surface area contributed by atoms with Crippen LogP contribution in [0.2, 0.25) is 0 Å². The fraction of sp³-hybridized carbons (Fsp3) is 0.524. The predicted molar refractivity (Wildman–Crippen MR) is 103 cm³/mol. The molecular weight excluding hydrogens is 312 g/mol. The third-order valence-corrected chi connectivity index (χ3v) is 5.33. The first kappa shape index (κ1) is 18.2. The summed E-state index contributed by atoms with van der Waals surface area (Å²) in [6.07, 6.45) is 0.845. The Morgan fingerprint density at radius 1 is 1.12 bits per heavy atom. The van der Waals surface area contributed by atoms with Gasteiger partial charge >= 0.3 is 0 Å². The lowest BCUT2D eigenvalue weighted by atomic mass is 10.0. The second-order valence-electron chi connectivity index (χ2n) is 7.21. The number of hydrogen-bond acceptors (Lipinski definition) is 4. The molecule has 1 aliphatic rings. The monoisotopic (exact) mass is 342 g/mol. The first-order valence-corrected chi connectivity index (χ1v) is 9.27. The summed E-state index contributed by atoms with van der Waals surface area (Å²) >= 11 is 0. The number of hydrogen-bond donors (Lipinski definition) is 1. The van der Waals surface area contributed by atoms with Crippen molar-refractivity contribution in [1.82, 2.24) is 9.80 Å². The molecule has 1 aliphatic heterocycles. The molecule has 4 nitrogen and oxygen atoms in total. The van der Waals surface area contributed by atoms with Gasteiger partial charge in [0, 0.05) is 50.3 Å². The number of fused-ring (bicyclic) bond motifs is 1. The van der Waals surface area contributed by atoms with Crippen LogP contribution in [0, 0.1) is 0 Å². The third kappa shape index (κ3) is 3.97. The number of methoxy groups -OCH3 is 1. The molecule has 4 heteroatoms. The van der Waals surface area contributed by atoms with Crippen molar-refractivity contribution in [3.63, 3.8) is 0 Å². The van der Waals surface area contributed by atoms with Crippen LogP contribution in [0.25, 0.3) is 10.8 Å². The highest BCUT2D eigenvalue weighted by Gasteiger charge is 2.28. The van der Waals surface area contributed by atoms with Gasteiger partial charge in [0.15, 0.2) is 0 Å². The van der Waals surface area contributed by atoms with Crippen LogP contribution in [0.5, 0.6) is 5.75 Å². The van der Waals surface area contributed by atoms with Crippen molar-refractivity contribution >= 4 is 10.8 Å². The lowest BCUT2D eigenvalue weighted by molar-refractivity contribution is 0.0351. The Labute approximate surface area is 151 Å². The maximum Gasteiger partial charge on any atom is 0.126 e. The van der Waals surface area contributed by atoms with Gasteiger partial charge in [0.25, 0.3) is 0 Å². The highest BCUT2D eigenvalue weighted by molar-refractivity contribution is 5.91. The van der Waals surface area contributed by atoms with E-state index in [2.05, 4.69) is 60.0 Å². The standard InChI is InChI=1S/C21H30N2O2/c1-16(2)23-12-11-22(15-18(23)10-13-24)14-17-8-9-21(25-3)20-7-5-4-6-19(17)20/h4-9,16,18,24H,10-15H2,1-3H3/t18-/m0/s1. The highest BCUT2D eigenvalue weighted by Crippen LogP contribution is 2.29. The minimum Gasteiger partial charge on any atom is -0.496 e. The maximum absolute atomic E-state index is 9.43. The molecule has 0 radical (unpaired) electrons. The van der Waals surface area contributed by atoms with Crippen LogP contribution in [0.1, 0.15) is 25.8 Å². The first-order valence-electron chi connectivity index (χ1n) is 9.27. The first-order chi connectivity index (χ1) is 12.1. The van der Waals surface area contributed by atoms with Crippen molar-refractivity contribution in [1.29, 1.82) is 0 Å². The van der Waals surface area contributed by atoms with Gasteiger partial charge in [-0.3, -0.25) is 9.80 Å². The normalized spacial score (nSPS) is 19.6. The van der Waals surface area contributed by atoms with Crippen molar-refractivity contribution in [3.05, 3.63) is 42.0 Å². The minimum absolute atomic E-state index is 0.257. The lowest BCUT2D eigenvalue weighted by Gasteiger charge is -2.43. The van der Waals surface area contributed by atoms with Crippen LogP contribution in [-0.2, 0) is 6.54 Å². The number of ether oxygens (including phenoxy) is 1. The zero-order valence-electron chi connectivity index (χ0n) is 15.6. The highest BCUT2D eigenvalue weighted by atomic mass is 16.5. The topological polar surface area (TPSA) is 35.9 Å². The fourth-order valence-electron chi connectivity index (χ4n) is 4.05. The van der Waals surface area contributed by atoms with E-state index in [1.165, 1.54) is 16.3 Å². The summed E-state index contributed by atoms with van der Waals surface area (Å²) in [6, 6.07) is 13.7. The van der Waals surface area contributed by atoms with Crippen LogP contribution >= 0.6 is 0 Å². The molecular formula is C21H30N2O2. The molecule has 0 bridgehead atoms. The summed E-state index contributed by atoms with van der Waals surface area (Å²) in [5.41, 5.74) is 1.34. The van der Waals surface area contributed by atoms with E-state index in [0.29, 0.717) is 12.1 Å². The van der Waals surface area contributed by atoms with Gasteiger partial charge in [-0.05, 0) is 37.3 Å². The van der Waals surface area contributed by atoms with Gasteiger partial charge < -0.3 is 9.84 Å². The van der Waals surface area contributed by atoms with Crippen LogP contribution in [-0.4, -0.2) is 60.3 Å². The Morgan fingerprint density at radius 3 is 2.56 bits per heavy atom. The Hall–Kier alpha value is -1.62. The van der Waals surface area contributed by atoms with Crippen LogP contribution in [0.4, 0.5) is 0 Å². The van der Waals surface area contributed by atoms with E-state index in [9.17, 15) is 5.11 Å². The van der Waals surface area contributed by atoms with Gasteiger partial charge in [-0.25, -0.2) is 0 Å². The molecule has 2 aromatic carbocycles. The Balaban J connectivity index is 1.80. The van der Waals surface area contributed by atoms with E-state index < -0.39 is 0 Å². The van der Waals surface area contributed by atoms with Gasteiger partial charge in [0.2, 0.25) is 0 Å². The molecule has 0 unspecified atom stereocenters. The molecule has 3 rings (SSSR count). The molecule has 0 amide bonds. The summed E-state index contributed by atoms with van der Waals surface area (Å²) in [6.45, 7) is 8.84. The van der Waals surface area contributed by atoms with E-state index in [4.69, 9.17) is 4.74 Å². The van der Waals surface area contributed by atoms with E-state index in [1.54, 1.807) is 7.11 Å². The van der Waals surface area contributed by atoms with E-state index >= 15 is 0 Å². The van der Waals surface area contributed by atoms with Crippen molar-refractivity contribution < 1.29 is 9.84 Å². The Morgan fingerprint density at radius 2 is 1.88 bits per heavy atom. The van der Waals surface area contributed by atoms with E-state index in [1.807, 2.05) is 0 Å². The lowest BCUT2D eigenvalue weighted by Crippen LogP contribution is -2.55. The fourth-order valence-corrected chi connectivity index (χ4v) is 4.05. The van der Waals surface area contributed by atoms with Crippen molar-refractivity contribution in [2.24, 2.45) is 0 Å². The average Bonchev–Trinajstić information content (AvgIpc) is 2.62. The molecule has 1 N–H and O–H groups in total. The van der Waals surface area contributed by atoms with Crippen LogP contribution in [0.15, 0.2) is 36.4 Å². The molecule has 1 atom stereocenters. The van der Waals surface area contributed by atoms with Crippen LogP contribution < -0.4 is 4.74 Å². The minimum atomic E-state index is 0.257. The summed E-state index contributed by atoms with van der Waals surface area (Å²) in [5.74, 6) is 0.933. The molecule has 0 aliphatic carbocycles. The van der Waals surface area contributed by atoms with Gasteiger partial charge in [0.05, 0.1) is 7.11 Å². The van der Waals surface area contributed by atoms with Crippen molar-refractivity contribution in [2.45, 2.75) is 38.9 Å². The molecule has 1 fully saturated rings. The van der Waals surface area contributed by atoms with E-state index in [0.717, 1.165) is 38.3 Å². The number of aliphatic hydroxyl groups is 1. The summed E-state index contributed by atoms with van der Waals surface area (Å²) < 4.78 is 5.51. The van der Waals surface area contributed by atoms with Crippen molar-refractivity contribution in [3.8, 4) is 5.75 Å². The SMILES string of the molecule is COc1ccc(CN2CCN(C(C)C)[C@@H](CCO)C2)c2ccccc12. The number of aliphatic hydroxyl groups excluding tert-OH is 1. The van der Waals surface area contributed by atoms with Gasteiger partial charge in [-0.2, -0.15) is 0 Å². The zero-order valence-corrected chi connectivity index (χ0v) is 15.6. The molecule has 25 heavy (non-hydrogen) atoms. The van der Waals surface area contributed by atoms with Crippen molar-refractivity contribution in [2.75, 3.05) is 33.4 Å². The number of nitrogens with zero attached hydrogens (tertiary/aromatic N) is 2. The zero-order chi connectivity index (χ0) is 17.8. The van der Waals surface area contributed by atoms with Crippen LogP contribution in [0.3, 0.4) is 0 Å². The summed E-state index contributed by atoms with van der Waals surface area (Å²) in [4.78, 5) is 5.05. The molecule has 1 saturated heterocycles. The predicted octanol–water partition coefficient (Wildman–Crippen LogP) is 3.13. The molecule has 1 heterocycles. The van der Waals surface area contributed by atoms with Gasteiger partial charge in [-0.1, -0.05) is 30.3 Å². The number of rotatable bonds is 6. The smallest absolute Gasteiger partial charge is 0.126 e. The van der Waals surface area contributed by atoms with E-state index in [-0.39, 0.29) is 6.61 Å². The second kappa shape index (κ2) is 8.17. The molecule has 2 aromatic rings. The average molecular weight is 342 g/mol. The Kier molecular flexibility index (Phi) is 5.94. The second-order valence-corrected chi connectivity index (χ2v) is 7.21. The quantitative estimate of drug-likeness (QED) is 0.875. The molecule has 0 spiro atoms. The number of benzene rings is 2. The Bertz CT molecular complexity index is 701. The summed E-state index contributed by atoms with van der Waals surface area (Å²) in [5, 5.41) is 11.9.